The molecule has 2 heterocycles. The Hall–Kier alpha value is -3.14. The van der Waals surface area contributed by atoms with Crippen molar-refractivity contribution < 1.29 is 4.79 Å². The van der Waals surface area contributed by atoms with Gasteiger partial charge in [-0.2, -0.15) is 10.5 Å². The van der Waals surface area contributed by atoms with E-state index in [1.165, 1.54) is 0 Å². The zero-order chi connectivity index (χ0) is 21.8. The fraction of sp³-hybridized carbons (Fsp3) is 0.286. The molecule has 3 aromatic rings. The number of H-pyrrole nitrogens is 1. The van der Waals surface area contributed by atoms with Crippen LogP contribution in [0.1, 0.15) is 32.2 Å². The number of amides is 1. The van der Waals surface area contributed by atoms with Crippen LogP contribution in [-0.2, 0) is 5.75 Å². The van der Waals surface area contributed by atoms with Crippen LogP contribution in [0.25, 0.3) is 10.2 Å². The Morgan fingerprint density at radius 2 is 1.93 bits per heavy atom. The van der Waals surface area contributed by atoms with Crippen LogP contribution >= 0.6 is 23.1 Å². The summed E-state index contributed by atoms with van der Waals surface area (Å²) >= 11 is 2.71. The van der Waals surface area contributed by atoms with Crippen molar-refractivity contribution in [3.05, 3.63) is 55.9 Å². The standard InChI is InChI=1S/C21H19N5O2S2/c1-12-4-5-13(2)15(10-12)29-11-16-24-19(27)17-14(3)18(30-20(17)25-16)21(28)26(8-6-22)9-7-23/h4-5,10H,8-9,11H2,1-3H3,(H,24,25,27). The maximum Gasteiger partial charge on any atom is 0.266 e. The van der Waals surface area contributed by atoms with Crippen molar-refractivity contribution >= 4 is 39.2 Å². The van der Waals surface area contributed by atoms with E-state index in [0.717, 1.165) is 32.3 Å². The summed E-state index contributed by atoms with van der Waals surface area (Å²) in [5.41, 5.74) is 2.54. The van der Waals surface area contributed by atoms with Crippen LogP contribution in [-0.4, -0.2) is 33.9 Å². The second-order valence-electron chi connectivity index (χ2n) is 6.78. The number of aromatic amines is 1. The molecular formula is C21H19N5O2S2. The van der Waals surface area contributed by atoms with Gasteiger partial charge >= 0.3 is 0 Å². The zero-order valence-corrected chi connectivity index (χ0v) is 18.4. The molecule has 7 nitrogen and oxygen atoms in total. The van der Waals surface area contributed by atoms with Crippen molar-refractivity contribution in [2.24, 2.45) is 0 Å². The fourth-order valence-corrected chi connectivity index (χ4v) is 5.15. The number of aromatic nitrogens is 2. The van der Waals surface area contributed by atoms with Gasteiger partial charge in [-0.1, -0.05) is 17.7 Å². The summed E-state index contributed by atoms with van der Waals surface area (Å²) in [7, 11) is 0. The average molecular weight is 438 g/mol. The molecule has 0 unspecified atom stereocenters. The SMILES string of the molecule is Cc1ccc(C)c(SCc2nc3sc(C(=O)N(CC#N)CC#N)c(C)c3c(=O)[nH]2)c1. The summed E-state index contributed by atoms with van der Waals surface area (Å²) in [5, 5.41) is 18.2. The van der Waals surface area contributed by atoms with Crippen molar-refractivity contribution in [2.45, 2.75) is 31.4 Å². The lowest BCUT2D eigenvalue weighted by Crippen LogP contribution is -2.31. The molecule has 3 rings (SSSR count). The highest BCUT2D eigenvalue weighted by Gasteiger charge is 2.23. The number of aryl methyl sites for hydroxylation is 3. The van der Waals surface area contributed by atoms with Gasteiger partial charge in [-0.15, -0.1) is 23.1 Å². The number of hydrogen-bond donors (Lipinski definition) is 1. The normalized spacial score (nSPS) is 10.6. The van der Waals surface area contributed by atoms with Gasteiger partial charge in [0.15, 0.2) is 0 Å². The molecule has 0 saturated heterocycles. The predicted molar refractivity (Wildman–Crippen MR) is 118 cm³/mol. The number of hydrogen-bond acceptors (Lipinski definition) is 7. The third-order valence-electron chi connectivity index (χ3n) is 4.56. The van der Waals surface area contributed by atoms with E-state index in [0.29, 0.717) is 32.2 Å². The highest BCUT2D eigenvalue weighted by atomic mass is 32.2. The Morgan fingerprint density at radius 1 is 1.23 bits per heavy atom. The number of thiophene rings is 1. The lowest BCUT2D eigenvalue weighted by Gasteiger charge is -2.14. The number of carbonyl (C=O) groups is 1. The van der Waals surface area contributed by atoms with Crippen LogP contribution in [0.3, 0.4) is 0 Å². The first-order chi connectivity index (χ1) is 14.3. The highest BCUT2D eigenvalue weighted by molar-refractivity contribution is 7.98. The first-order valence-corrected chi connectivity index (χ1v) is 10.9. The Balaban J connectivity index is 1.93. The van der Waals surface area contributed by atoms with Crippen LogP contribution in [0, 0.1) is 43.4 Å². The summed E-state index contributed by atoms with van der Waals surface area (Å²) in [4.78, 5) is 35.9. The Morgan fingerprint density at radius 3 is 2.60 bits per heavy atom. The van der Waals surface area contributed by atoms with Gasteiger partial charge in [0, 0.05) is 4.90 Å². The quantitative estimate of drug-likeness (QED) is 0.465. The van der Waals surface area contributed by atoms with Gasteiger partial charge in [-0.05, 0) is 38.0 Å². The smallest absolute Gasteiger partial charge is 0.266 e. The van der Waals surface area contributed by atoms with Crippen LogP contribution in [0.15, 0.2) is 27.9 Å². The third-order valence-corrected chi connectivity index (χ3v) is 6.90. The average Bonchev–Trinajstić information content (AvgIpc) is 3.05. The molecule has 0 aliphatic heterocycles. The van der Waals surface area contributed by atoms with E-state index in [1.54, 1.807) is 18.7 Å². The maximum atomic E-state index is 12.8. The molecule has 2 aromatic heterocycles. The van der Waals surface area contributed by atoms with Crippen LogP contribution < -0.4 is 5.56 Å². The molecule has 1 N–H and O–H groups in total. The van der Waals surface area contributed by atoms with E-state index in [-0.39, 0.29) is 18.6 Å². The minimum absolute atomic E-state index is 0.193. The number of nitrogens with zero attached hydrogens (tertiary/aromatic N) is 4. The number of nitrogens with one attached hydrogen (secondary N) is 1. The van der Waals surface area contributed by atoms with E-state index in [1.807, 2.05) is 26.0 Å². The van der Waals surface area contributed by atoms with Crippen molar-refractivity contribution in [3.8, 4) is 12.1 Å². The summed E-state index contributed by atoms with van der Waals surface area (Å²) in [5.74, 6) is 0.582. The second kappa shape index (κ2) is 9.12. The summed E-state index contributed by atoms with van der Waals surface area (Å²) < 4.78 is 0. The second-order valence-corrected chi connectivity index (χ2v) is 8.80. The van der Waals surface area contributed by atoms with Gasteiger partial charge in [0.2, 0.25) is 0 Å². The molecule has 0 aliphatic rings. The Kier molecular flexibility index (Phi) is 6.56. The summed E-state index contributed by atoms with van der Waals surface area (Å²) in [6.07, 6.45) is 0. The van der Waals surface area contributed by atoms with E-state index >= 15 is 0 Å². The molecular weight excluding hydrogens is 418 g/mol. The third kappa shape index (κ3) is 4.38. The Labute approximate surface area is 182 Å². The molecule has 1 amide bonds. The van der Waals surface area contributed by atoms with Crippen LogP contribution in [0.5, 0.6) is 0 Å². The molecule has 152 valence electrons. The van der Waals surface area contributed by atoms with Crippen molar-refractivity contribution in [1.29, 1.82) is 10.5 Å². The summed E-state index contributed by atoms with van der Waals surface area (Å²) in [6, 6.07) is 10.00. The monoisotopic (exact) mass is 437 g/mol. The number of nitriles is 2. The van der Waals surface area contributed by atoms with Crippen LogP contribution in [0.4, 0.5) is 0 Å². The number of rotatable bonds is 6. The molecule has 0 atom stereocenters. The number of fused-ring (bicyclic) bond motifs is 1. The topological polar surface area (TPSA) is 114 Å². The van der Waals surface area contributed by atoms with E-state index in [2.05, 4.69) is 28.2 Å². The maximum absolute atomic E-state index is 12.8. The van der Waals surface area contributed by atoms with Crippen LogP contribution in [0.2, 0.25) is 0 Å². The van der Waals surface area contributed by atoms with Gasteiger partial charge in [0.05, 0.1) is 28.2 Å². The van der Waals surface area contributed by atoms with Crippen molar-refractivity contribution in [3.63, 3.8) is 0 Å². The van der Waals surface area contributed by atoms with Gasteiger partial charge in [0.25, 0.3) is 11.5 Å². The predicted octanol–water partition coefficient (Wildman–Crippen LogP) is 3.69. The molecule has 0 aliphatic carbocycles. The fourth-order valence-electron chi connectivity index (χ4n) is 2.98. The number of thioether (sulfide) groups is 1. The molecule has 9 heteroatoms. The largest absolute Gasteiger partial charge is 0.311 e. The van der Waals surface area contributed by atoms with Crippen molar-refractivity contribution in [2.75, 3.05) is 13.1 Å². The molecule has 0 bridgehead atoms. The van der Waals surface area contributed by atoms with Gasteiger partial charge < -0.3 is 9.88 Å². The number of carbonyl (C=O) groups excluding carboxylic acids is 1. The number of benzene rings is 1. The van der Waals surface area contributed by atoms with Gasteiger partial charge in [-0.3, -0.25) is 9.59 Å². The Bertz CT molecular complexity index is 1250. The van der Waals surface area contributed by atoms with Gasteiger partial charge in [0.1, 0.15) is 23.7 Å². The van der Waals surface area contributed by atoms with Gasteiger partial charge in [-0.25, -0.2) is 4.98 Å². The lowest BCUT2D eigenvalue weighted by molar-refractivity contribution is 0.0799. The molecule has 0 radical (unpaired) electrons. The molecule has 1 aromatic carbocycles. The first-order valence-electron chi connectivity index (χ1n) is 9.11. The zero-order valence-electron chi connectivity index (χ0n) is 16.8. The van der Waals surface area contributed by atoms with E-state index < -0.39 is 5.91 Å². The minimum Gasteiger partial charge on any atom is -0.311 e. The molecule has 0 fully saturated rings. The highest BCUT2D eigenvalue weighted by Crippen LogP contribution is 2.30. The first kappa shape index (κ1) is 21.6. The van der Waals surface area contributed by atoms with E-state index in [9.17, 15) is 9.59 Å². The molecule has 0 spiro atoms. The minimum atomic E-state index is -0.440. The summed E-state index contributed by atoms with van der Waals surface area (Å²) in [6.45, 7) is 5.37. The van der Waals surface area contributed by atoms with Crippen molar-refractivity contribution in [1.82, 2.24) is 14.9 Å². The lowest BCUT2D eigenvalue weighted by atomic mass is 10.2. The molecule has 0 saturated carbocycles. The van der Waals surface area contributed by atoms with E-state index in [4.69, 9.17) is 10.5 Å². The molecule has 30 heavy (non-hydrogen) atoms.